The van der Waals surface area contributed by atoms with Crippen LogP contribution < -0.4 is 0 Å². The van der Waals surface area contributed by atoms with Gasteiger partial charge in [-0.2, -0.15) is 0 Å². The molecule has 4 nitrogen and oxygen atoms in total. The molecule has 0 rings (SSSR count). The molecule has 0 aromatic carbocycles. The molecule has 274 valence electrons. The van der Waals surface area contributed by atoms with Gasteiger partial charge in [0.2, 0.25) is 0 Å². The third-order valence-corrected chi connectivity index (χ3v) is 8.65. The van der Waals surface area contributed by atoms with Crippen molar-refractivity contribution in [2.45, 2.75) is 187 Å². The van der Waals surface area contributed by atoms with E-state index in [-0.39, 0.29) is 18.7 Å². The number of likely N-dealkylation sites (N-methyl/N-ethyl adjacent to an activating group) is 1. The van der Waals surface area contributed by atoms with E-state index in [1.165, 1.54) is 128 Å². The lowest BCUT2D eigenvalue weighted by Gasteiger charge is -2.18. The van der Waals surface area contributed by atoms with Gasteiger partial charge in [-0.05, 0) is 104 Å². The van der Waals surface area contributed by atoms with Gasteiger partial charge in [-0.25, -0.2) is 4.79 Å². The quantitative estimate of drug-likeness (QED) is 0.0382. The van der Waals surface area contributed by atoms with E-state index >= 15 is 0 Å². The van der Waals surface area contributed by atoms with E-state index in [2.05, 4.69) is 67.4 Å². The molecule has 47 heavy (non-hydrogen) atoms. The summed E-state index contributed by atoms with van der Waals surface area (Å²) in [6, 6.07) is 0. The molecule has 0 unspecified atom stereocenters. The van der Waals surface area contributed by atoms with Crippen molar-refractivity contribution in [2.24, 2.45) is 0 Å². The molecule has 0 N–H and O–H groups in total. The number of allylic oxidation sites excluding steroid dienone is 8. The molecular weight excluding hydrogens is 578 g/mol. The van der Waals surface area contributed by atoms with Gasteiger partial charge in [0.05, 0.1) is 6.61 Å². The van der Waals surface area contributed by atoms with Crippen LogP contribution in [0.25, 0.3) is 0 Å². The number of esters is 1. The molecule has 0 bridgehead atoms. The number of hydrogen-bond donors (Lipinski definition) is 0. The van der Waals surface area contributed by atoms with E-state index in [0.717, 1.165) is 45.1 Å². The molecule has 0 aromatic heterocycles. The third kappa shape index (κ3) is 38.7. The Labute approximate surface area is 293 Å². The first-order valence-electron chi connectivity index (χ1n) is 20.1. The highest BCUT2D eigenvalue weighted by molar-refractivity contribution is 5.70. The van der Waals surface area contributed by atoms with Crippen LogP contribution in [0.15, 0.2) is 48.6 Å². The normalized spacial score (nSPS) is 12.4. The Hall–Kier alpha value is -1.65. The van der Waals surface area contributed by atoms with Crippen molar-refractivity contribution in [3.05, 3.63) is 48.6 Å². The van der Waals surface area contributed by atoms with Gasteiger partial charge in [0, 0.05) is 6.54 Å². The Morgan fingerprint density at radius 3 is 1.32 bits per heavy atom. The highest BCUT2D eigenvalue weighted by atomic mass is 16.6. The molecule has 0 amide bonds. The molecule has 0 aromatic rings. The molecule has 0 radical (unpaired) electrons. The van der Waals surface area contributed by atoms with Crippen LogP contribution in [0, 0.1) is 0 Å². The van der Waals surface area contributed by atoms with Gasteiger partial charge in [-0.3, -0.25) is 0 Å². The lowest BCUT2D eigenvalue weighted by Crippen LogP contribution is -2.24. The lowest BCUT2D eigenvalue weighted by molar-refractivity contribution is -0.155. The van der Waals surface area contributed by atoms with Crippen molar-refractivity contribution >= 4 is 5.97 Å². The molecule has 0 aliphatic heterocycles. The molecule has 0 atom stereocenters. The van der Waals surface area contributed by atoms with E-state index in [1.807, 2.05) is 14.1 Å². The predicted octanol–water partition coefficient (Wildman–Crippen LogP) is 12.9. The fourth-order valence-electron chi connectivity index (χ4n) is 5.61. The molecule has 0 heterocycles. The van der Waals surface area contributed by atoms with Crippen molar-refractivity contribution < 1.29 is 14.3 Å². The Morgan fingerprint density at radius 2 is 0.915 bits per heavy atom. The van der Waals surface area contributed by atoms with Gasteiger partial charge in [0.25, 0.3) is 0 Å². The molecule has 0 spiro atoms. The van der Waals surface area contributed by atoms with Crippen LogP contribution in [-0.2, 0) is 14.3 Å². The van der Waals surface area contributed by atoms with Crippen LogP contribution in [0.3, 0.4) is 0 Å². The van der Waals surface area contributed by atoms with Gasteiger partial charge >= 0.3 is 5.97 Å². The average molecular weight is 658 g/mol. The fourth-order valence-corrected chi connectivity index (χ4v) is 5.61. The van der Waals surface area contributed by atoms with E-state index in [9.17, 15) is 4.79 Å². The maximum absolute atomic E-state index is 12.5. The van der Waals surface area contributed by atoms with E-state index < -0.39 is 0 Å². The number of unbranched alkanes of at least 4 members (excludes halogenated alkanes) is 18. The molecule has 0 saturated heterocycles. The molecule has 0 aliphatic rings. The molecular formula is C43H79NO3. The zero-order valence-corrected chi connectivity index (χ0v) is 31.9. The van der Waals surface area contributed by atoms with Crippen LogP contribution in [-0.4, -0.2) is 50.8 Å². The first-order valence-corrected chi connectivity index (χ1v) is 20.1. The summed E-state index contributed by atoms with van der Waals surface area (Å²) < 4.78 is 11.4. The van der Waals surface area contributed by atoms with Gasteiger partial charge < -0.3 is 14.4 Å². The molecule has 0 aliphatic carbocycles. The summed E-state index contributed by atoms with van der Waals surface area (Å²) in [5.41, 5.74) is 0. The van der Waals surface area contributed by atoms with Crippen molar-refractivity contribution in [1.82, 2.24) is 4.90 Å². The Kier molecular flexibility index (Phi) is 37.4. The van der Waals surface area contributed by atoms with E-state index in [1.54, 1.807) is 0 Å². The zero-order chi connectivity index (χ0) is 34.3. The minimum Gasteiger partial charge on any atom is -0.461 e. The number of rotatable bonds is 36. The third-order valence-electron chi connectivity index (χ3n) is 8.65. The summed E-state index contributed by atoms with van der Waals surface area (Å²) in [5.74, 6) is -0.200. The Morgan fingerprint density at radius 1 is 0.532 bits per heavy atom. The minimum atomic E-state index is -0.200. The van der Waals surface area contributed by atoms with Crippen LogP contribution in [0.5, 0.6) is 0 Å². The summed E-state index contributed by atoms with van der Waals surface area (Å²) in [4.78, 5) is 14.5. The summed E-state index contributed by atoms with van der Waals surface area (Å²) >= 11 is 0. The predicted molar refractivity (Wildman–Crippen MR) is 207 cm³/mol. The molecule has 0 saturated carbocycles. The minimum absolute atomic E-state index is 0.0385. The first-order chi connectivity index (χ1) is 23.1. The summed E-state index contributed by atoms with van der Waals surface area (Å²) in [5, 5.41) is 0. The number of ether oxygens (including phenoxy) is 2. The second kappa shape index (κ2) is 38.8. The second-order valence-electron chi connectivity index (χ2n) is 13.7. The van der Waals surface area contributed by atoms with Gasteiger partial charge in [0.1, 0.15) is 12.7 Å². The SMILES string of the molecule is CCCCC/C=C\C/C=C\CCCCCCCCC(CCCCCCCC/C=C\C/C=C\CCCCC)OC(=O)COCCN(C)C. The monoisotopic (exact) mass is 658 g/mol. The maximum Gasteiger partial charge on any atom is 0.332 e. The van der Waals surface area contributed by atoms with Crippen LogP contribution >= 0.6 is 0 Å². The first kappa shape index (κ1) is 45.3. The average Bonchev–Trinajstić information content (AvgIpc) is 3.06. The summed E-state index contributed by atoms with van der Waals surface area (Å²) in [6.45, 7) is 5.96. The van der Waals surface area contributed by atoms with Gasteiger partial charge in [-0.15, -0.1) is 0 Å². The maximum atomic E-state index is 12.5. The lowest BCUT2D eigenvalue weighted by atomic mass is 10.0. The highest BCUT2D eigenvalue weighted by Crippen LogP contribution is 2.18. The Bertz CT molecular complexity index is 706. The summed E-state index contributed by atoms with van der Waals surface area (Å²) in [7, 11) is 4.02. The standard InChI is InChI=1S/C43H79NO3/c1-5-7-9-11-13-15-17-19-21-23-25-27-29-31-33-35-37-42(47-43(45)41-46-40-39-44(3)4)38-36-34-32-30-28-26-24-22-20-18-16-14-12-10-8-6-2/h13-16,19-22,42H,5-12,17-18,23-41H2,1-4H3/b15-13-,16-14-,21-19-,22-20-. The number of nitrogens with zero attached hydrogens (tertiary/aromatic N) is 1. The Balaban J connectivity index is 4.06. The smallest absolute Gasteiger partial charge is 0.332 e. The van der Waals surface area contributed by atoms with Gasteiger partial charge in [-0.1, -0.05) is 140 Å². The highest BCUT2D eigenvalue weighted by Gasteiger charge is 2.14. The van der Waals surface area contributed by atoms with Crippen molar-refractivity contribution in [1.29, 1.82) is 0 Å². The van der Waals surface area contributed by atoms with Gasteiger partial charge in [0.15, 0.2) is 0 Å². The molecule has 4 heteroatoms. The van der Waals surface area contributed by atoms with Crippen LogP contribution in [0.2, 0.25) is 0 Å². The second-order valence-corrected chi connectivity index (χ2v) is 13.7. The fraction of sp³-hybridized carbons (Fsp3) is 0.791. The van der Waals surface area contributed by atoms with Crippen molar-refractivity contribution in [3.8, 4) is 0 Å². The topological polar surface area (TPSA) is 38.8 Å². The van der Waals surface area contributed by atoms with E-state index in [0.29, 0.717) is 6.61 Å². The molecule has 0 fully saturated rings. The van der Waals surface area contributed by atoms with Crippen molar-refractivity contribution in [3.63, 3.8) is 0 Å². The van der Waals surface area contributed by atoms with E-state index in [4.69, 9.17) is 9.47 Å². The largest absolute Gasteiger partial charge is 0.461 e. The zero-order valence-electron chi connectivity index (χ0n) is 31.9. The number of carbonyl (C=O) groups is 1. The van der Waals surface area contributed by atoms with Crippen LogP contribution in [0.1, 0.15) is 181 Å². The number of hydrogen-bond acceptors (Lipinski definition) is 4. The van der Waals surface area contributed by atoms with Crippen LogP contribution in [0.4, 0.5) is 0 Å². The van der Waals surface area contributed by atoms with Crippen molar-refractivity contribution in [2.75, 3.05) is 33.9 Å². The summed E-state index contributed by atoms with van der Waals surface area (Å²) in [6.07, 6.45) is 50.7. The number of carbonyl (C=O) groups excluding carboxylic acids is 1.